The van der Waals surface area contributed by atoms with Gasteiger partial charge in [-0.05, 0) is 51.6 Å². The molecule has 0 unspecified atom stereocenters. The van der Waals surface area contributed by atoms with Crippen LogP contribution in [0.3, 0.4) is 0 Å². The van der Waals surface area contributed by atoms with E-state index in [1.54, 1.807) is 16.2 Å². The van der Waals surface area contributed by atoms with Crippen molar-refractivity contribution in [2.75, 3.05) is 32.1 Å². The monoisotopic (exact) mass is 384 g/mol. The quantitative estimate of drug-likeness (QED) is 0.677. The summed E-state index contributed by atoms with van der Waals surface area (Å²) in [7, 11) is 4.01. The second-order valence-corrected chi connectivity index (χ2v) is 8.31. The Labute approximate surface area is 162 Å². The maximum Gasteiger partial charge on any atom is 0.298 e. The molecule has 0 bridgehead atoms. The molecule has 7 nitrogen and oxygen atoms in total. The van der Waals surface area contributed by atoms with Gasteiger partial charge in [-0.1, -0.05) is 17.4 Å². The number of amides is 1. The van der Waals surface area contributed by atoms with Crippen LogP contribution in [-0.4, -0.2) is 57.7 Å². The van der Waals surface area contributed by atoms with E-state index in [1.165, 1.54) is 11.1 Å². The molecule has 142 valence electrons. The number of hydrogen-bond donors (Lipinski definition) is 0. The molecule has 1 aliphatic heterocycles. The van der Waals surface area contributed by atoms with E-state index < -0.39 is 0 Å². The van der Waals surface area contributed by atoms with Crippen LogP contribution in [0.25, 0.3) is 10.2 Å². The van der Waals surface area contributed by atoms with E-state index in [9.17, 15) is 4.79 Å². The number of nitrogens with zero attached hydrogens (tertiary/aromatic N) is 6. The highest BCUT2D eigenvalue weighted by molar-refractivity contribution is 7.22. The van der Waals surface area contributed by atoms with Crippen LogP contribution in [0.4, 0.5) is 5.13 Å². The minimum Gasteiger partial charge on any atom is -0.308 e. The summed E-state index contributed by atoms with van der Waals surface area (Å²) >= 11 is 1.56. The molecule has 0 atom stereocenters. The molecule has 0 fully saturated rings. The third kappa shape index (κ3) is 3.23. The lowest BCUT2D eigenvalue weighted by atomic mass is 10.1. The minimum absolute atomic E-state index is 0.120. The van der Waals surface area contributed by atoms with Crippen molar-refractivity contribution in [1.82, 2.24) is 24.6 Å². The van der Waals surface area contributed by atoms with Crippen molar-refractivity contribution in [3.05, 3.63) is 34.9 Å². The molecular weight excluding hydrogens is 360 g/mol. The van der Waals surface area contributed by atoms with Crippen molar-refractivity contribution in [3.8, 4) is 0 Å². The zero-order valence-corrected chi connectivity index (χ0v) is 17.0. The summed E-state index contributed by atoms with van der Waals surface area (Å²) in [5.41, 5.74) is 3.35. The van der Waals surface area contributed by atoms with E-state index >= 15 is 0 Å². The Morgan fingerprint density at radius 1 is 1.22 bits per heavy atom. The normalized spacial score (nSPS) is 13.5. The van der Waals surface area contributed by atoms with Gasteiger partial charge in [0.15, 0.2) is 5.13 Å². The molecule has 0 radical (unpaired) electrons. The van der Waals surface area contributed by atoms with Gasteiger partial charge in [-0.25, -0.2) is 4.98 Å². The highest BCUT2D eigenvalue weighted by atomic mass is 32.1. The first-order valence-corrected chi connectivity index (χ1v) is 10.0. The largest absolute Gasteiger partial charge is 0.308 e. The van der Waals surface area contributed by atoms with Crippen LogP contribution in [0.1, 0.15) is 34.0 Å². The van der Waals surface area contributed by atoms with E-state index in [0.717, 1.165) is 47.1 Å². The summed E-state index contributed by atoms with van der Waals surface area (Å²) < 4.78 is 3.05. The Hall–Kier alpha value is -2.32. The van der Waals surface area contributed by atoms with E-state index in [1.807, 2.05) is 18.7 Å². The van der Waals surface area contributed by atoms with Crippen LogP contribution < -0.4 is 4.90 Å². The van der Waals surface area contributed by atoms with E-state index in [2.05, 4.69) is 41.1 Å². The number of fused-ring (bicyclic) bond motifs is 2. The lowest BCUT2D eigenvalue weighted by molar-refractivity contribution is 0.0971. The molecule has 1 aromatic carbocycles. The van der Waals surface area contributed by atoms with Crippen molar-refractivity contribution in [1.29, 1.82) is 0 Å². The van der Waals surface area contributed by atoms with Gasteiger partial charge in [0.25, 0.3) is 5.91 Å². The summed E-state index contributed by atoms with van der Waals surface area (Å²) in [4.78, 5) is 22.0. The zero-order chi connectivity index (χ0) is 19.1. The van der Waals surface area contributed by atoms with Crippen LogP contribution in [0, 0.1) is 13.8 Å². The number of likely N-dealkylation sites (N-methyl/N-ethyl adjacent to an activating group) is 1. The third-order valence-corrected chi connectivity index (χ3v) is 6.16. The Bertz CT molecular complexity index is 1010. The SMILES string of the molecule is Cc1ccc2sc(N(CCN(C)C)C(=O)c3nnc4n3CCC4)nc2c1C. The number of aromatic nitrogens is 4. The topological polar surface area (TPSA) is 67.2 Å². The first-order valence-electron chi connectivity index (χ1n) is 9.21. The number of aryl methyl sites for hydroxylation is 3. The summed E-state index contributed by atoms with van der Waals surface area (Å²) in [5, 5.41) is 9.10. The summed E-state index contributed by atoms with van der Waals surface area (Å²) in [5.74, 6) is 1.21. The highest BCUT2D eigenvalue weighted by Crippen LogP contribution is 2.32. The number of thiazole rings is 1. The van der Waals surface area contributed by atoms with Crippen molar-refractivity contribution in [2.45, 2.75) is 33.2 Å². The smallest absolute Gasteiger partial charge is 0.298 e. The molecule has 0 aliphatic carbocycles. The fourth-order valence-electron chi connectivity index (χ4n) is 3.34. The van der Waals surface area contributed by atoms with Crippen molar-refractivity contribution < 1.29 is 4.79 Å². The molecule has 0 saturated heterocycles. The van der Waals surface area contributed by atoms with Gasteiger partial charge < -0.3 is 9.47 Å². The lowest BCUT2D eigenvalue weighted by Crippen LogP contribution is -2.38. The molecule has 27 heavy (non-hydrogen) atoms. The first kappa shape index (κ1) is 18.1. The lowest BCUT2D eigenvalue weighted by Gasteiger charge is -2.21. The second kappa shape index (κ2) is 7.01. The standard InChI is InChI=1S/C19H24N6OS/c1-12-7-8-14-16(13(12)2)20-19(27-14)25(11-10-23(3)4)18(26)17-22-21-15-6-5-9-24(15)17/h7-8H,5-6,9-11H2,1-4H3. The van der Waals surface area contributed by atoms with Crippen LogP contribution >= 0.6 is 11.3 Å². The Balaban J connectivity index is 1.74. The van der Waals surface area contributed by atoms with Gasteiger partial charge in [0, 0.05) is 26.1 Å². The average molecular weight is 385 g/mol. The number of rotatable bonds is 5. The van der Waals surface area contributed by atoms with Crippen LogP contribution in [0.15, 0.2) is 12.1 Å². The molecule has 0 spiro atoms. The molecule has 8 heteroatoms. The van der Waals surface area contributed by atoms with Crippen molar-refractivity contribution in [3.63, 3.8) is 0 Å². The number of hydrogen-bond acceptors (Lipinski definition) is 6. The molecule has 1 amide bonds. The molecule has 0 N–H and O–H groups in total. The van der Waals surface area contributed by atoms with Gasteiger partial charge in [0.2, 0.25) is 5.82 Å². The second-order valence-electron chi connectivity index (χ2n) is 7.31. The van der Waals surface area contributed by atoms with Gasteiger partial charge in [0.05, 0.1) is 10.2 Å². The van der Waals surface area contributed by atoms with Crippen molar-refractivity contribution in [2.24, 2.45) is 0 Å². The zero-order valence-electron chi connectivity index (χ0n) is 16.2. The number of carbonyl (C=O) groups excluding carboxylic acids is 1. The highest BCUT2D eigenvalue weighted by Gasteiger charge is 2.29. The Morgan fingerprint density at radius 2 is 2.04 bits per heavy atom. The van der Waals surface area contributed by atoms with Crippen LogP contribution in [0.2, 0.25) is 0 Å². The van der Waals surface area contributed by atoms with Gasteiger partial charge >= 0.3 is 0 Å². The van der Waals surface area contributed by atoms with Gasteiger partial charge in [-0.2, -0.15) is 0 Å². The predicted molar refractivity (Wildman–Crippen MR) is 108 cm³/mol. The van der Waals surface area contributed by atoms with Gasteiger partial charge in [-0.3, -0.25) is 9.69 Å². The minimum atomic E-state index is -0.120. The fraction of sp³-hybridized carbons (Fsp3) is 0.474. The van der Waals surface area contributed by atoms with Gasteiger partial charge in [-0.15, -0.1) is 10.2 Å². The van der Waals surface area contributed by atoms with E-state index in [-0.39, 0.29) is 5.91 Å². The Morgan fingerprint density at radius 3 is 2.81 bits per heavy atom. The number of benzene rings is 1. The average Bonchev–Trinajstić information content (AvgIpc) is 3.33. The molecule has 0 saturated carbocycles. The summed E-state index contributed by atoms with van der Waals surface area (Å²) in [6, 6.07) is 4.19. The molecular formula is C19H24N6OS. The fourth-order valence-corrected chi connectivity index (χ4v) is 4.39. The molecule has 3 aromatic rings. The Kier molecular flexibility index (Phi) is 4.69. The van der Waals surface area contributed by atoms with Gasteiger partial charge in [0.1, 0.15) is 5.82 Å². The maximum absolute atomic E-state index is 13.4. The maximum atomic E-state index is 13.4. The molecule has 1 aliphatic rings. The molecule has 2 aromatic heterocycles. The third-order valence-electron chi connectivity index (χ3n) is 5.12. The number of anilines is 1. The van der Waals surface area contributed by atoms with Crippen LogP contribution in [-0.2, 0) is 13.0 Å². The molecule has 3 heterocycles. The molecule has 4 rings (SSSR count). The van der Waals surface area contributed by atoms with E-state index in [0.29, 0.717) is 12.4 Å². The predicted octanol–water partition coefficient (Wildman–Crippen LogP) is 2.66. The summed E-state index contributed by atoms with van der Waals surface area (Å²) in [6.45, 7) is 6.29. The first-order chi connectivity index (χ1) is 13.0. The summed E-state index contributed by atoms with van der Waals surface area (Å²) in [6.07, 6.45) is 1.90. The van der Waals surface area contributed by atoms with Crippen molar-refractivity contribution >= 4 is 32.6 Å². The van der Waals surface area contributed by atoms with Crippen LogP contribution in [0.5, 0.6) is 0 Å². The van der Waals surface area contributed by atoms with E-state index in [4.69, 9.17) is 4.98 Å². The number of carbonyl (C=O) groups is 1.